The van der Waals surface area contributed by atoms with E-state index in [2.05, 4.69) is 11.4 Å². The zero-order valence-corrected chi connectivity index (χ0v) is 11.1. The molecule has 96 valence electrons. The van der Waals surface area contributed by atoms with Crippen molar-refractivity contribution in [2.24, 2.45) is 5.92 Å². The largest absolute Gasteiger partial charge is 0.674 e. The highest BCUT2D eigenvalue weighted by Gasteiger charge is 2.25. The minimum absolute atomic E-state index is 0.0997. The number of nitrogens with zero attached hydrogens (tertiary/aromatic N) is 1. The lowest BCUT2D eigenvalue weighted by atomic mass is 9.84. The first kappa shape index (κ1) is 14.3. The molecule has 3 atom stereocenters. The fourth-order valence-electron chi connectivity index (χ4n) is 2.13. The Morgan fingerprint density at radius 3 is 2.88 bits per heavy atom. The smallest absolute Gasteiger partial charge is 0.222 e. The van der Waals surface area contributed by atoms with Crippen molar-refractivity contribution < 1.29 is 4.79 Å². The minimum atomic E-state index is -0.399. The number of hydrogen-bond donors (Lipinski definition) is 1. The molecule has 0 bridgehead atoms. The Hall–Kier alpha value is -0.730. The van der Waals surface area contributed by atoms with Crippen molar-refractivity contribution in [3.05, 3.63) is 5.73 Å². The molecule has 17 heavy (non-hydrogen) atoms. The molecule has 0 aromatic rings. The van der Waals surface area contributed by atoms with E-state index in [0.717, 1.165) is 31.4 Å². The van der Waals surface area contributed by atoms with Gasteiger partial charge in [0.1, 0.15) is 6.04 Å². The van der Waals surface area contributed by atoms with Crippen molar-refractivity contribution in [2.45, 2.75) is 44.2 Å². The Morgan fingerprint density at radius 1 is 1.59 bits per heavy atom. The second-order valence-corrected chi connectivity index (χ2v) is 5.45. The quantitative estimate of drug-likeness (QED) is 0.818. The molecule has 0 aromatic heterocycles. The molecule has 1 rings (SSSR count). The van der Waals surface area contributed by atoms with Crippen molar-refractivity contribution in [2.75, 3.05) is 12.0 Å². The zero-order valence-electron chi connectivity index (χ0n) is 10.2. The molecule has 1 amide bonds. The van der Waals surface area contributed by atoms with Crippen LogP contribution in [-0.4, -0.2) is 30.0 Å². The molecular formula is C12H20N3OS-. The van der Waals surface area contributed by atoms with Crippen molar-refractivity contribution >= 4 is 17.7 Å². The minimum Gasteiger partial charge on any atom is -0.674 e. The van der Waals surface area contributed by atoms with E-state index in [9.17, 15) is 4.79 Å². The second kappa shape index (κ2) is 7.57. The summed E-state index contributed by atoms with van der Waals surface area (Å²) < 4.78 is 0. The van der Waals surface area contributed by atoms with E-state index >= 15 is 0 Å². The molecule has 5 heteroatoms. The van der Waals surface area contributed by atoms with Gasteiger partial charge in [0.2, 0.25) is 5.91 Å². The van der Waals surface area contributed by atoms with Crippen LogP contribution in [0.4, 0.5) is 0 Å². The number of amides is 1. The van der Waals surface area contributed by atoms with Crippen LogP contribution in [0.5, 0.6) is 0 Å². The molecule has 0 unspecified atom stereocenters. The summed E-state index contributed by atoms with van der Waals surface area (Å²) in [7, 11) is 0. The summed E-state index contributed by atoms with van der Waals surface area (Å²) in [6, 6.07) is 1.43. The third kappa shape index (κ3) is 4.57. The number of nitrogens with one attached hydrogen (secondary N) is 2. The highest BCUT2D eigenvalue weighted by Crippen LogP contribution is 2.26. The molecule has 0 spiro atoms. The Kier molecular flexibility index (Phi) is 6.38. The van der Waals surface area contributed by atoms with Gasteiger partial charge in [0.15, 0.2) is 0 Å². The van der Waals surface area contributed by atoms with Gasteiger partial charge in [-0.3, -0.25) is 4.79 Å². The van der Waals surface area contributed by atoms with Crippen molar-refractivity contribution in [1.82, 2.24) is 5.32 Å². The molecule has 0 heterocycles. The first-order chi connectivity index (χ1) is 8.19. The van der Waals surface area contributed by atoms with E-state index in [0.29, 0.717) is 6.42 Å². The van der Waals surface area contributed by atoms with E-state index in [1.54, 1.807) is 11.8 Å². The van der Waals surface area contributed by atoms with Crippen LogP contribution in [-0.2, 0) is 4.79 Å². The van der Waals surface area contributed by atoms with Crippen molar-refractivity contribution in [1.29, 1.82) is 5.26 Å². The lowest BCUT2D eigenvalue weighted by Gasteiger charge is -2.34. The van der Waals surface area contributed by atoms with E-state index < -0.39 is 6.04 Å². The van der Waals surface area contributed by atoms with Crippen molar-refractivity contribution in [3.63, 3.8) is 0 Å². The highest BCUT2D eigenvalue weighted by molar-refractivity contribution is 7.98. The standard InChI is InChI=1S/C12H20N3OS/c1-17-7-6-9(8-13)15-12(16)10-4-2-3-5-11(10)14/h9-11,14H,2-7H2,1H3,(H,15,16)/q-1/t9-,10+,11-/m0/s1. The fraction of sp³-hybridized carbons (Fsp3) is 0.833. The van der Waals surface area contributed by atoms with Crippen LogP contribution in [0, 0.1) is 17.2 Å². The first-order valence-electron chi connectivity index (χ1n) is 6.09. The molecule has 1 saturated carbocycles. The van der Waals surface area contributed by atoms with Crippen LogP contribution in [0.3, 0.4) is 0 Å². The topological polar surface area (TPSA) is 76.7 Å². The van der Waals surface area contributed by atoms with Gasteiger partial charge in [0, 0.05) is 5.92 Å². The average molecular weight is 254 g/mol. The number of carbonyl (C=O) groups is 1. The van der Waals surface area contributed by atoms with Crippen molar-refractivity contribution in [3.8, 4) is 6.07 Å². The van der Waals surface area contributed by atoms with Crippen LogP contribution in [0.1, 0.15) is 32.1 Å². The molecule has 2 N–H and O–H groups in total. The van der Waals surface area contributed by atoms with Crippen LogP contribution in [0.15, 0.2) is 0 Å². The third-order valence-electron chi connectivity index (χ3n) is 3.19. The maximum absolute atomic E-state index is 12.0. The van der Waals surface area contributed by atoms with Gasteiger partial charge in [-0.15, -0.1) is 6.04 Å². The molecule has 0 aliphatic heterocycles. The van der Waals surface area contributed by atoms with Crippen LogP contribution >= 0.6 is 11.8 Å². The normalized spacial score (nSPS) is 25.9. The molecule has 0 saturated heterocycles. The lowest BCUT2D eigenvalue weighted by Crippen LogP contribution is -2.42. The fourth-order valence-corrected chi connectivity index (χ4v) is 2.60. The van der Waals surface area contributed by atoms with Gasteiger partial charge < -0.3 is 11.1 Å². The van der Waals surface area contributed by atoms with E-state index in [4.69, 9.17) is 11.0 Å². The molecule has 4 nitrogen and oxygen atoms in total. The van der Waals surface area contributed by atoms with Crippen LogP contribution in [0.25, 0.3) is 5.73 Å². The van der Waals surface area contributed by atoms with Gasteiger partial charge >= 0.3 is 0 Å². The lowest BCUT2D eigenvalue weighted by molar-refractivity contribution is -0.126. The van der Waals surface area contributed by atoms with Crippen LogP contribution < -0.4 is 5.32 Å². The Labute approximate surface area is 107 Å². The molecule has 1 aliphatic carbocycles. The number of rotatable bonds is 5. The first-order valence-corrected chi connectivity index (χ1v) is 7.48. The Morgan fingerprint density at radius 2 is 2.29 bits per heavy atom. The molecule has 1 fully saturated rings. The molecular weight excluding hydrogens is 234 g/mol. The SMILES string of the molecule is CSCC[C@@H](C#N)NC(=O)[C@@H]1CCCC[C@@H]1[NH-]. The van der Waals surface area contributed by atoms with Gasteiger partial charge in [-0.25, -0.2) is 0 Å². The van der Waals surface area contributed by atoms with Gasteiger partial charge in [0.05, 0.1) is 6.07 Å². The average Bonchev–Trinajstić information content (AvgIpc) is 2.34. The second-order valence-electron chi connectivity index (χ2n) is 4.47. The summed E-state index contributed by atoms with van der Waals surface area (Å²) in [6.07, 6.45) is 6.33. The zero-order chi connectivity index (χ0) is 12.7. The summed E-state index contributed by atoms with van der Waals surface area (Å²) >= 11 is 1.67. The Bertz CT molecular complexity index is 290. The van der Waals surface area contributed by atoms with E-state index in [1.807, 2.05) is 6.26 Å². The monoisotopic (exact) mass is 254 g/mol. The maximum Gasteiger partial charge on any atom is 0.222 e. The maximum atomic E-state index is 12.0. The summed E-state index contributed by atoms with van der Waals surface area (Å²) in [6.45, 7) is 0. The molecule has 0 aromatic carbocycles. The van der Waals surface area contributed by atoms with Gasteiger partial charge in [-0.2, -0.15) is 17.0 Å². The molecule has 0 radical (unpaired) electrons. The van der Waals surface area contributed by atoms with Gasteiger partial charge in [-0.1, -0.05) is 19.3 Å². The van der Waals surface area contributed by atoms with Gasteiger partial charge in [0.25, 0.3) is 0 Å². The number of thioether (sulfide) groups is 1. The van der Waals surface area contributed by atoms with E-state index in [1.165, 1.54) is 0 Å². The Balaban J connectivity index is 2.43. The third-order valence-corrected chi connectivity index (χ3v) is 3.83. The van der Waals surface area contributed by atoms with Crippen LogP contribution in [0.2, 0.25) is 0 Å². The number of nitriles is 1. The molecule has 1 aliphatic rings. The summed E-state index contributed by atoms with van der Waals surface area (Å²) in [4.78, 5) is 12.0. The van der Waals surface area contributed by atoms with E-state index in [-0.39, 0.29) is 17.9 Å². The predicted molar refractivity (Wildman–Crippen MR) is 70.6 cm³/mol. The highest BCUT2D eigenvalue weighted by atomic mass is 32.2. The summed E-state index contributed by atoms with van der Waals surface area (Å²) in [5, 5.41) is 11.7. The number of hydrogen-bond acceptors (Lipinski definition) is 3. The number of carbonyl (C=O) groups excluding carboxylic acids is 1. The van der Waals surface area contributed by atoms with Gasteiger partial charge in [-0.05, 0) is 24.9 Å². The summed E-state index contributed by atoms with van der Waals surface area (Å²) in [5.74, 6) is 0.555. The predicted octanol–water partition coefficient (Wildman–Crippen LogP) is 2.36. The summed E-state index contributed by atoms with van der Waals surface area (Å²) in [5.41, 5.74) is 7.85.